The lowest BCUT2D eigenvalue weighted by molar-refractivity contribution is -0.150. The van der Waals surface area contributed by atoms with Crippen molar-refractivity contribution in [1.82, 2.24) is 5.32 Å². The minimum atomic E-state index is 0.0908. The monoisotopic (exact) mass is 281 g/mol. The van der Waals surface area contributed by atoms with E-state index in [-0.39, 0.29) is 5.60 Å². The fraction of sp³-hybridized carbons (Fsp3) is 0.733. The average Bonchev–Trinajstić information content (AvgIpc) is 2.95. The Balaban J connectivity index is 1.73. The van der Waals surface area contributed by atoms with E-state index in [1.54, 1.807) is 0 Å². The zero-order valence-corrected chi connectivity index (χ0v) is 12.4. The third-order valence-electron chi connectivity index (χ3n) is 4.57. The molecule has 0 saturated carbocycles. The van der Waals surface area contributed by atoms with Crippen LogP contribution in [0.25, 0.3) is 0 Å². The van der Waals surface area contributed by atoms with Gasteiger partial charge in [0.2, 0.25) is 0 Å². The average molecular weight is 281 g/mol. The van der Waals surface area contributed by atoms with E-state index in [9.17, 15) is 0 Å². The highest BCUT2D eigenvalue weighted by Gasteiger charge is 2.41. The van der Waals surface area contributed by atoms with Crippen LogP contribution in [0.4, 0.5) is 0 Å². The molecule has 3 nitrogen and oxygen atoms in total. The zero-order valence-electron chi connectivity index (χ0n) is 11.6. The minimum absolute atomic E-state index is 0.0908. The third kappa shape index (κ3) is 2.87. The summed E-state index contributed by atoms with van der Waals surface area (Å²) < 4.78 is 11.6. The topological polar surface area (TPSA) is 30.5 Å². The van der Waals surface area contributed by atoms with Gasteiger partial charge in [0.25, 0.3) is 0 Å². The largest absolute Gasteiger partial charge is 0.381 e. The molecule has 1 aromatic rings. The summed E-state index contributed by atoms with van der Waals surface area (Å²) in [6, 6.07) is 4.87. The van der Waals surface area contributed by atoms with Crippen molar-refractivity contribution < 1.29 is 9.47 Å². The first-order valence-corrected chi connectivity index (χ1v) is 8.13. The van der Waals surface area contributed by atoms with Crippen molar-refractivity contribution in [3.05, 3.63) is 22.4 Å². The van der Waals surface area contributed by atoms with E-state index in [1.807, 2.05) is 11.3 Å². The van der Waals surface area contributed by atoms with Crippen LogP contribution in [0.1, 0.15) is 36.6 Å². The van der Waals surface area contributed by atoms with Gasteiger partial charge in [-0.15, -0.1) is 11.3 Å². The molecular weight excluding hydrogens is 258 g/mol. The molecule has 2 atom stereocenters. The Morgan fingerprint density at radius 1 is 1.37 bits per heavy atom. The second kappa shape index (κ2) is 5.92. The normalized spacial score (nSPS) is 28.4. The van der Waals surface area contributed by atoms with Crippen LogP contribution in [0.3, 0.4) is 0 Å². The van der Waals surface area contributed by atoms with Crippen LogP contribution in [0.15, 0.2) is 17.5 Å². The first-order chi connectivity index (χ1) is 9.33. The Labute approximate surface area is 119 Å². The molecule has 2 unspecified atom stereocenters. The van der Waals surface area contributed by atoms with E-state index in [0.717, 1.165) is 39.1 Å². The maximum atomic E-state index is 6.14. The van der Waals surface area contributed by atoms with Crippen LogP contribution in [0.2, 0.25) is 0 Å². The van der Waals surface area contributed by atoms with Crippen molar-refractivity contribution >= 4 is 11.3 Å². The van der Waals surface area contributed by atoms with Gasteiger partial charge >= 0.3 is 0 Å². The molecule has 106 valence electrons. The Hall–Kier alpha value is -0.420. The Kier molecular flexibility index (Phi) is 4.22. The summed E-state index contributed by atoms with van der Waals surface area (Å²) >= 11 is 1.86. The molecule has 19 heavy (non-hydrogen) atoms. The molecule has 0 aromatic carbocycles. The Morgan fingerprint density at radius 3 is 2.89 bits per heavy atom. The fourth-order valence-corrected chi connectivity index (χ4v) is 4.45. The van der Waals surface area contributed by atoms with Crippen LogP contribution in [0, 0.1) is 5.92 Å². The van der Waals surface area contributed by atoms with Gasteiger partial charge in [-0.25, -0.2) is 0 Å². The van der Waals surface area contributed by atoms with Gasteiger partial charge in [0.1, 0.15) is 0 Å². The van der Waals surface area contributed by atoms with E-state index >= 15 is 0 Å². The highest BCUT2D eigenvalue weighted by molar-refractivity contribution is 7.10. The predicted octanol–water partition coefficient (Wildman–Crippen LogP) is 2.98. The summed E-state index contributed by atoms with van der Waals surface area (Å²) in [5.41, 5.74) is 0.0908. The molecular formula is C15H23NO2S. The van der Waals surface area contributed by atoms with Gasteiger partial charge in [0.15, 0.2) is 0 Å². The number of rotatable bonds is 3. The lowest BCUT2D eigenvalue weighted by Crippen LogP contribution is -2.46. The van der Waals surface area contributed by atoms with Crippen molar-refractivity contribution in [2.75, 3.05) is 26.9 Å². The molecule has 0 amide bonds. The minimum Gasteiger partial charge on any atom is -0.381 e. The SMILES string of the molecule is CNC(c1cccs1)C1CCOC2(CCOCC2)C1. The van der Waals surface area contributed by atoms with Crippen LogP contribution in [-0.2, 0) is 9.47 Å². The maximum absolute atomic E-state index is 6.14. The van der Waals surface area contributed by atoms with Crippen molar-refractivity contribution in [2.24, 2.45) is 5.92 Å². The van der Waals surface area contributed by atoms with Crippen molar-refractivity contribution in [3.8, 4) is 0 Å². The molecule has 4 heteroatoms. The van der Waals surface area contributed by atoms with Crippen LogP contribution < -0.4 is 5.32 Å². The molecule has 2 fully saturated rings. The molecule has 1 N–H and O–H groups in total. The number of hydrogen-bond acceptors (Lipinski definition) is 4. The fourth-order valence-electron chi connectivity index (χ4n) is 3.52. The number of ether oxygens (including phenoxy) is 2. The molecule has 1 spiro atoms. The van der Waals surface area contributed by atoms with Gasteiger partial charge in [-0.3, -0.25) is 0 Å². The van der Waals surface area contributed by atoms with E-state index in [0.29, 0.717) is 12.0 Å². The van der Waals surface area contributed by atoms with Gasteiger partial charge in [0, 0.05) is 30.7 Å². The predicted molar refractivity (Wildman–Crippen MR) is 77.6 cm³/mol. The van der Waals surface area contributed by atoms with Crippen molar-refractivity contribution in [2.45, 2.75) is 37.3 Å². The molecule has 0 aliphatic carbocycles. The Morgan fingerprint density at radius 2 is 2.21 bits per heavy atom. The molecule has 0 radical (unpaired) electrons. The molecule has 2 saturated heterocycles. The van der Waals surface area contributed by atoms with Gasteiger partial charge < -0.3 is 14.8 Å². The summed E-state index contributed by atoms with van der Waals surface area (Å²) in [7, 11) is 2.08. The number of thiophene rings is 1. The second-order valence-corrected chi connectivity index (χ2v) is 6.66. The summed E-state index contributed by atoms with van der Waals surface area (Å²) in [4.78, 5) is 1.46. The maximum Gasteiger partial charge on any atom is 0.0729 e. The third-order valence-corrected chi connectivity index (χ3v) is 5.52. The molecule has 1 aromatic heterocycles. The standard InChI is InChI=1S/C15H23NO2S/c1-16-14(13-3-2-10-19-13)12-4-7-18-15(11-12)5-8-17-9-6-15/h2-3,10,12,14,16H,4-9,11H2,1H3. The van der Waals surface area contributed by atoms with Gasteiger partial charge in [0.05, 0.1) is 5.60 Å². The molecule has 3 heterocycles. The highest BCUT2D eigenvalue weighted by atomic mass is 32.1. The zero-order chi connectivity index (χ0) is 13.1. The van der Waals surface area contributed by atoms with E-state index in [1.165, 1.54) is 11.3 Å². The van der Waals surface area contributed by atoms with Crippen LogP contribution in [0.5, 0.6) is 0 Å². The van der Waals surface area contributed by atoms with E-state index < -0.39 is 0 Å². The first kappa shape index (κ1) is 13.6. The smallest absolute Gasteiger partial charge is 0.0729 e. The molecule has 2 aliphatic heterocycles. The summed E-state index contributed by atoms with van der Waals surface area (Å²) in [6.07, 6.45) is 4.44. The van der Waals surface area contributed by atoms with Gasteiger partial charge in [-0.1, -0.05) is 6.07 Å². The lowest BCUT2D eigenvalue weighted by Gasteiger charge is -2.45. The summed E-state index contributed by atoms with van der Waals surface area (Å²) in [5, 5.41) is 5.69. The summed E-state index contributed by atoms with van der Waals surface area (Å²) in [6.45, 7) is 2.61. The van der Waals surface area contributed by atoms with E-state index in [2.05, 4.69) is 29.9 Å². The lowest BCUT2D eigenvalue weighted by atomic mass is 9.77. The van der Waals surface area contributed by atoms with Crippen molar-refractivity contribution in [3.63, 3.8) is 0 Å². The van der Waals surface area contributed by atoms with Crippen molar-refractivity contribution in [1.29, 1.82) is 0 Å². The van der Waals surface area contributed by atoms with Crippen LogP contribution in [-0.4, -0.2) is 32.5 Å². The van der Waals surface area contributed by atoms with Crippen LogP contribution >= 0.6 is 11.3 Å². The quantitative estimate of drug-likeness (QED) is 0.924. The molecule has 0 bridgehead atoms. The van der Waals surface area contributed by atoms with E-state index in [4.69, 9.17) is 9.47 Å². The summed E-state index contributed by atoms with van der Waals surface area (Å²) in [5.74, 6) is 0.676. The highest BCUT2D eigenvalue weighted by Crippen LogP contribution is 2.42. The van der Waals surface area contributed by atoms with Gasteiger partial charge in [-0.05, 0) is 50.1 Å². The van der Waals surface area contributed by atoms with Gasteiger partial charge in [-0.2, -0.15) is 0 Å². The Bertz CT molecular complexity index is 381. The molecule has 2 aliphatic rings. The number of hydrogen-bond donors (Lipinski definition) is 1. The second-order valence-electron chi connectivity index (χ2n) is 5.68. The number of nitrogens with one attached hydrogen (secondary N) is 1. The molecule has 3 rings (SSSR count). The first-order valence-electron chi connectivity index (χ1n) is 7.25.